The van der Waals surface area contributed by atoms with E-state index in [-0.39, 0.29) is 12.2 Å². The molecule has 0 bridgehead atoms. The minimum absolute atomic E-state index is 0.112. The average molecular weight is 334 g/mol. The monoisotopic (exact) mass is 333 g/mol. The summed E-state index contributed by atoms with van der Waals surface area (Å²) in [5.41, 5.74) is 1.55. The topological polar surface area (TPSA) is 57.2 Å². The fourth-order valence-electron chi connectivity index (χ4n) is 1.88. The van der Waals surface area contributed by atoms with Crippen molar-refractivity contribution in [1.29, 1.82) is 0 Å². The van der Waals surface area contributed by atoms with Crippen LogP contribution >= 0.6 is 23.4 Å². The first-order valence-corrected chi connectivity index (χ1v) is 7.94. The molecule has 0 saturated heterocycles. The Labute approximate surface area is 138 Å². The van der Waals surface area contributed by atoms with E-state index in [9.17, 15) is 14.7 Å². The summed E-state index contributed by atoms with van der Waals surface area (Å²) in [6.45, 7) is 1.93. The molecule has 0 amide bonds. The van der Waals surface area contributed by atoms with Gasteiger partial charge in [-0.3, -0.25) is 4.79 Å². The van der Waals surface area contributed by atoms with Crippen molar-refractivity contribution in [3.8, 4) is 0 Å². The van der Waals surface area contributed by atoms with E-state index in [1.807, 2.05) is 19.1 Å². The van der Waals surface area contributed by atoms with Gasteiger partial charge in [0.05, 0.1) is 11.2 Å². The van der Waals surface area contributed by atoms with Crippen LogP contribution < -0.4 is 5.11 Å². The molecule has 0 radical (unpaired) electrons. The fraction of sp³-hybridized carbons (Fsp3) is 0.176. The quantitative estimate of drug-likeness (QED) is 0.602. The first-order chi connectivity index (χ1) is 10.5. The van der Waals surface area contributed by atoms with Crippen molar-refractivity contribution in [3.05, 3.63) is 64.7 Å². The van der Waals surface area contributed by atoms with E-state index in [0.29, 0.717) is 10.6 Å². The summed E-state index contributed by atoms with van der Waals surface area (Å²) in [7, 11) is 0. The van der Waals surface area contributed by atoms with Crippen molar-refractivity contribution in [3.63, 3.8) is 0 Å². The third kappa shape index (κ3) is 4.61. The van der Waals surface area contributed by atoms with Crippen molar-refractivity contribution < 1.29 is 14.7 Å². The molecule has 1 atom stereocenters. The van der Waals surface area contributed by atoms with Crippen molar-refractivity contribution in [1.82, 2.24) is 0 Å². The van der Waals surface area contributed by atoms with E-state index in [1.54, 1.807) is 36.4 Å². The summed E-state index contributed by atoms with van der Waals surface area (Å²) < 4.78 is 0. The first-order valence-electron chi connectivity index (χ1n) is 6.68. The lowest BCUT2D eigenvalue weighted by molar-refractivity contribution is -0.304. The lowest BCUT2D eigenvalue weighted by Gasteiger charge is -2.17. The first kappa shape index (κ1) is 16.6. The van der Waals surface area contributed by atoms with Crippen LogP contribution in [-0.2, 0) is 4.79 Å². The third-order valence-electron chi connectivity index (χ3n) is 3.10. The Hall–Kier alpha value is -1.78. The van der Waals surface area contributed by atoms with Crippen molar-refractivity contribution in [2.45, 2.75) is 23.5 Å². The molecule has 22 heavy (non-hydrogen) atoms. The van der Waals surface area contributed by atoms with E-state index in [1.165, 1.54) is 0 Å². The second-order valence-corrected chi connectivity index (χ2v) is 6.59. The molecule has 0 saturated carbocycles. The van der Waals surface area contributed by atoms with Crippen LogP contribution in [0.1, 0.15) is 22.3 Å². The van der Waals surface area contributed by atoms with Gasteiger partial charge in [-0.05, 0) is 31.2 Å². The number of benzene rings is 2. The summed E-state index contributed by atoms with van der Waals surface area (Å²) >= 11 is 6.89. The van der Waals surface area contributed by atoms with Gasteiger partial charge in [0, 0.05) is 21.9 Å². The number of carbonyl (C=O) groups excluding carboxylic acids is 2. The van der Waals surface area contributed by atoms with Crippen LogP contribution in [-0.4, -0.2) is 17.0 Å². The van der Waals surface area contributed by atoms with Crippen molar-refractivity contribution in [2.24, 2.45) is 0 Å². The minimum atomic E-state index is -1.25. The van der Waals surface area contributed by atoms with Gasteiger partial charge in [0.2, 0.25) is 0 Å². The molecule has 0 fully saturated rings. The molecule has 0 aromatic heterocycles. The standard InChI is InChI=1S/C17H15ClO3S/c1-11-2-4-12(5-3-11)15(19)10-16(17(20)21)22-14-8-6-13(18)7-9-14/h2-9,16H,10H2,1H3,(H,20,21)/p-1/t16-/m1/s1. The van der Waals surface area contributed by atoms with E-state index in [4.69, 9.17) is 11.6 Å². The van der Waals surface area contributed by atoms with Gasteiger partial charge < -0.3 is 9.90 Å². The zero-order valence-electron chi connectivity index (χ0n) is 11.9. The molecule has 2 aromatic rings. The number of ketones is 1. The van der Waals surface area contributed by atoms with Gasteiger partial charge >= 0.3 is 0 Å². The van der Waals surface area contributed by atoms with Gasteiger partial charge in [0.15, 0.2) is 5.78 Å². The molecule has 0 aliphatic carbocycles. The molecule has 0 N–H and O–H groups in total. The van der Waals surface area contributed by atoms with Gasteiger partial charge in [0.25, 0.3) is 0 Å². The molecular formula is C17H14ClO3S-. The highest BCUT2D eigenvalue weighted by Gasteiger charge is 2.18. The second-order valence-electron chi connectivity index (χ2n) is 4.87. The van der Waals surface area contributed by atoms with Gasteiger partial charge in [0.1, 0.15) is 0 Å². The lowest BCUT2D eigenvalue weighted by Crippen LogP contribution is -2.35. The summed E-state index contributed by atoms with van der Waals surface area (Å²) in [5, 5.41) is 10.9. The SMILES string of the molecule is Cc1ccc(C(=O)C[C@@H](Sc2ccc(Cl)cc2)C(=O)[O-])cc1. The van der Waals surface area contributed by atoms with Gasteiger partial charge in [-0.2, -0.15) is 0 Å². The molecule has 0 heterocycles. The number of carbonyl (C=O) groups is 2. The summed E-state index contributed by atoms with van der Waals surface area (Å²) in [5.74, 6) is -1.46. The maximum Gasteiger partial charge on any atom is 0.164 e. The number of aryl methyl sites for hydroxylation is 1. The molecule has 0 spiro atoms. The molecule has 2 aromatic carbocycles. The number of halogens is 1. The second kappa shape index (κ2) is 7.47. The number of rotatable bonds is 6. The minimum Gasteiger partial charge on any atom is -0.549 e. The Balaban J connectivity index is 2.08. The molecule has 0 aliphatic rings. The highest BCUT2D eigenvalue weighted by molar-refractivity contribution is 8.00. The maximum atomic E-state index is 12.2. The number of aliphatic carboxylic acids is 1. The predicted octanol–water partition coefficient (Wildman–Crippen LogP) is 3.13. The van der Waals surface area contributed by atoms with Crippen LogP contribution in [0.2, 0.25) is 5.02 Å². The van der Waals surface area contributed by atoms with Crippen LogP contribution in [0, 0.1) is 6.92 Å². The highest BCUT2D eigenvalue weighted by atomic mass is 35.5. The van der Waals surface area contributed by atoms with Crippen LogP contribution in [0.15, 0.2) is 53.4 Å². The number of carboxylic acids is 1. The van der Waals surface area contributed by atoms with Crippen LogP contribution in [0.5, 0.6) is 0 Å². The molecule has 5 heteroatoms. The summed E-state index contributed by atoms with van der Waals surface area (Å²) in [6, 6.07) is 13.9. The Bertz CT molecular complexity index is 665. The van der Waals surface area contributed by atoms with Crippen LogP contribution in [0.25, 0.3) is 0 Å². The van der Waals surface area contributed by atoms with E-state index in [2.05, 4.69) is 0 Å². The van der Waals surface area contributed by atoms with Crippen molar-refractivity contribution in [2.75, 3.05) is 0 Å². The fourth-order valence-corrected chi connectivity index (χ4v) is 2.95. The number of hydrogen-bond donors (Lipinski definition) is 0. The number of Topliss-reactive ketones (excluding diaryl/α,β-unsaturated/α-hetero) is 1. The van der Waals surface area contributed by atoms with Gasteiger partial charge in [-0.1, -0.05) is 41.4 Å². The Morgan fingerprint density at radius 3 is 2.23 bits per heavy atom. The number of carboxylic acid groups (broad SMARTS) is 1. The number of hydrogen-bond acceptors (Lipinski definition) is 4. The average Bonchev–Trinajstić information content (AvgIpc) is 2.49. The molecular weight excluding hydrogens is 320 g/mol. The largest absolute Gasteiger partial charge is 0.549 e. The Morgan fingerprint density at radius 2 is 1.68 bits per heavy atom. The Kier molecular flexibility index (Phi) is 5.63. The van der Waals surface area contributed by atoms with Crippen molar-refractivity contribution >= 4 is 35.1 Å². The zero-order valence-corrected chi connectivity index (χ0v) is 13.5. The third-order valence-corrected chi connectivity index (χ3v) is 4.54. The molecule has 0 aliphatic heterocycles. The van der Waals surface area contributed by atoms with Gasteiger partial charge in [-0.25, -0.2) is 0 Å². The lowest BCUT2D eigenvalue weighted by atomic mass is 10.1. The zero-order chi connectivity index (χ0) is 16.1. The number of thioether (sulfide) groups is 1. The van der Waals surface area contributed by atoms with E-state index in [0.717, 1.165) is 22.2 Å². The predicted molar refractivity (Wildman–Crippen MR) is 86.2 cm³/mol. The summed E-state index contributed by atoms with van der Waals surface area (Å²) in [6.07, 6.45) is -0.112. The van der Waals surface area contributed by atoms with Crippen LogP contribution in [0.3, 0.4) is 0 Å². The van der Waals surface area contributed by atoms with E-state index < -0.39 is 11.2 Å². The summed E-state index contributed by atoms with van der Waals surface area (Å²) in [4.78, 5) is 24.2. The normalized spacial score (nSPS) is 11.9. The molecule has 114 valence electrons. The van der Waals surface area contributed by atoms with Gasteiger partial charge in [-0.15, -0.1) is 11.8 Å². The Morgan fingerprint density at radius 1 is 1.09 bits per heavy atom. The molecule has 2 rings (SSSR count). The smallest absolute Gasteiger partial charge is 0.164 e. The highest BCUT2D eigenvalue weighted by Crippen LogP contribution is 2.27. The van der Waals surface area contributed by atoms with Crippen LogP contribution in [0.4, 0.5) is 0 Å². The molecule has 3 nitrogen and oxygen atoms in total. The van der Waals surface area contributed by atoms with E-state index >= 15 is 0 Å². The molecule has 0 unspecified atom stereocenters. The maximum absolute atomic E-state index is 12.2.